The molecule has 3 nitrogen and oxygen atoms in total. The average Bonchev–Trinajstić information content (AvgIpc) is 2.97. The van der Waals surface area contributed by atoms with Crippen LogP contribution in [-0.2, 0) is 0 Å². The second-order valence-electron chi connectivity index (χ2n) is 6.01. The molecule has 0 aliphatic carbocycles. The Labute approximate surface area is 121 Å². The smallest absolute Gasteiger partial charge is 0.123 e. The van der Waals surface area contributed by atoms with Crippen LogP contribution in [0.3, 0.4) is 0 Å². The molecule has 3 N–H and O–H groups in total. The molecule has 112 valence electrons. The molecule has 2 atom stereocenters. The first kappa shape index (κ1) is 15.4. The summed E-state index contributed by atoms with van der Waals surface area (Å²) in [6, 6.07) is 4.88. The minimum absolute atomic E-state index is 0.0682. The molecule has 1 heterocycles. The van der Waals surface area contributed by atoms with Gasteiger partial charge in [0.15, 0.2) is 0 Å². The van der Waals surface area contributed by atoms with Crippen molar-refractivity contribution in [2.45, 2.75) is 51.6 Å². The number of rotatable bonds is 5. The van der Waals surface area contributed by atoms with Crippen LogP contribution in [0.4, 0.5) is 4.39 Å². The van der Waals surface area contributed by atoms with E-state index in [1.165, 1.54) is 18.9 Å². The number of hydrogen-bond donors (Lipinski definition) is 2. The molecule has 20 heavy (non-hydrogen) atoms. The molecule has 0 saturated carbocycles. The van der Waals surface area contributed by atoms with Crippen LogP contribution in [0.2, 0.25) is 0 Å². The standard InChI is InChI=1S/C16H26FN3/c1-4-16(3,20-9-5-6-10-20)15(19-18)14-11-13(17)8-7-12(14)2/h7-8,11,15,19H,4-6,9-10,18H2,1-3H3. The lowest BCUT2D eigenvalue weighted by molar-refractivity contribution is 0.0836. The average molecular weight is 279 g/mol. The fourth-order valence-electron chi connectivity index (χ4n) is 3.36. The van der Waals surface area contributed by atoms with Gasteiger partial charge in [0.05, 0.1) is 6.04 Å². The Hall–Kier alpha value is -0.970. The molecule has 1 aromatic rings. The summed E-state index contributed by atoms with van der Waals surface area (Å²) in [7, 11) is 0. The number of nitrogens with two attached hydrogens (primary N) is 1. The fourth-order valence-corrected chi connectivity index (χ4v) is 3.36. The number of hydrogen-bond acceptors (Lipinski definition) is 3. The van der Waals surface area contributed by atoms with Crippen molar-refractivity contribution in [2.24, 2.45) is 5.84 Å². The van der Waals surface area contributed by atoms with E-state index in [0.717, 1.165) is 30.6 Å². The van der Waals surface area contributed by atoms with Gasteiger partial charge >= 0.3 is 0 Å². The maximum atomic E-state index is 13.6. The Bertz CT molecular complexity index is 457. The summed E-state index contributed by atoms with van der Waals surface area (Å²) in [6.07, 6.45) is 3.43. The third-order valence-corrected chi connectivity index (χ3v) is 4.89. The molecule has 1 aliphatic heterocycles. The summed E-state index contributed by atoms with van der Waals surface area (Å²) in [5.41, 5.74) is 4.89. The van der Waals surface area contributed by atoms with Gasteiger partial charge in [-0.15, -0.1) is 0 Å². The second kappa shape index (κ2) is 6.20. The van der Waals surface area contributed by atoms with Gasteiger partial charge in [-0.05, 0) is 69.5 Å². The van der Waals surface area contributed by atoms with Crippen LogP contribution in [0, 0.1) is 12.7 Å². The van der Waals surface area contributed by atoms with Crippen LogP contribution in [-0.4, -0.2) is 23.5 Å². The van der Waals surface area contributed by atoms with Crippen molar-refractivity contribution < 1.29 is 4.39 Å². The highest BCUT2D eigenvalue weighted by atomic mass is 19.1. The van der Waals surface area contributed by atoms with E-state index < -0.39 is 0 Å². The molecule has 1 aliphatic rings. The third-order valence-electron chi connectivity index (χ3n) is 4.89. The topological polar surface area (TPSA) is 41.3 Å². The number of nitrogens with one attached hydrogen (secondary N) is 1. The fraction of sp³-hybridized carbons (Fsp3) is 0.625. The first-order chi connectivity index (χ1) is 9.52. The van der Waals surface area contributed by atoms with Crippen LogP contribution in [0.1, 0.15) is 50.3 Å². The van der Waals surface area contributed by atoms with Crippen LogP contribution < -0.4 is 11.3 Å². The van der Waals surface area contributed by atoms with E-state index in [9.17, 15) is 4.39 Å². The predicted molar refractivity (Wildman–Crippen MR) is 80.7 cm³/mol. The summed E-state index contributed by atoms with van der Waals surface area (Å²) in [4.78, 5) is 2.49. The molecule has 1 aromatic carbocycles. The van der Waals surface area contributed by atoms with Crippen molar-refractivity contribution >= 4 is 0 Å². The molecule has 4 heteroatoms. The van der Waals surface area contributed by atoms with Crippen LogP contribution in [0.15, 0.2) is 18.2 Å². The van der Waals surface area contributed by atoms with Crippen molar-refractivity contribution in [3.05, 3.63) is 35.1 Å². The van der Waals surface area contributed by atoms with Gasteiger partial charge < -0.3 is 0 Å². The number of aryl methyl sites for hydroxylation is 1. The van der Waals surface area contributed by atoms with Crippen molar-refractivity contribution in [3.8, 4) is 0 Å². The third kappa shape index (κ3) is 2.73. The van der Waals surface area contributed by atoms with Gasteiger partial charge in [-0.2, -0.15) is 0 Å². The number of halogens is 1. The van der Waals surface area contributed by atoms with E-state index >= 15 is 0 Å². The first-order valence-electron chi connectivity index (χ1n) is 7.50. The van der Waals surface area contributed by atoms with E-state index in [4.69, 9.17) is 5.84 Å². The maximum absolute atomic E-state index is 13.6. The molecule has 0 amide bonds. The number of benzene rings is 1. The van der Waals surface area contributed by atoms with Gasteiger partial charge in [0.2, 0.25) is 0 Å². The second-order valence-corrected chi connectivity index (χ2v) is 6.01. The summed E-state index contributed by atoms with van der Waals surface area (Å²) >= 11 is 0. The lowest BCUT2D eigenvalue weighted by Crippen LogP contribution is -2.55. The SMILES string of the molecule is CCC(C)(C(NN)c1cc(F)ccc1C)N1CCCC1. The lowest BCUT2D eigenvalue weighted by atomic mass is 9.82. The normalized spacial score (nSPS) is 20.9. The van der Waals surface area contributed by atoms with Crippen LogP contribution in [0.25, 0.3) is 0 Å². The molecule has 2 unspecified atom stereocenters. The number of likely N-dealkylation sites (tertiary alicyclic amines) is 1. The van der Waals surface area contributed by atoms with Crippen molar-refractivity contribution in [3.63, 3.8) is 0 Å². The minimum Gasteiger partial charge on any atom is -0.296 e. The zero-order chi connectivity index (χ0) is 14.8. The summed E-state index contributed by atoms with van der Waals surface area (Å²) < 4.78 is 13.6. The molecule has 1 fully saturated rings. The van der Waals surface area contributed by atoms with Gasteiger partial charge in [0, 0.05) is 5.54 Å². The summed E-state index contributed by atoms with van der Waals surface area (Å²) in [5.74, 6) is 5.65. The highest BCUT2D eigenvalue weighted by Crippen LogP contribution is 2.37. The Morgan fingerprint density at radius 3 is 2.60 bits per heavy atom. The van der Waals surface area contributed by atoms with Crippen molar-refractivity contribution in [1.82, 2.24) is 10.3 Å². The van der Waals surface area contributed by atoms with E-state index in [-0.39, 0.29) is 17.4 Å². The van der Waals surface area contributed by atoms with Gasteiger partial charge in [-0.3, -0.25) is 16.2 Å². The quantitative estimate of drug-likeness (QED) is 0.643. The molecule has 0 radical (unpaired) electrons. The predicted octanol–water partition coefficient (Wildman–Crippen LogP) is 2.90. The number of nitrogens with zero attached hydrogens (tertiary/aromatic N) is 1. The Morgan fingerprint density at radius 2 is 2.05 bits per heavy atom. The molecular formula is C16H26FN3. The highest BCUT2D eigenvalue weighted by molar-refractivity contribution is 5.32. The summed E-state index contributed by atoms with van der Waals surface area (Å²) in [6.45, 7) is 8.61. The van der Waals surface area contributed by atoms with E-state index in [2.05, 4.69) is 24.2 Å². The largest absolute Gasteiger partial charge is 0.296 e. The molecule has 0 spiro atoms. The van der Waals surface area contributed by atoms with Crippen LogP contribution in [0.5, 0.6) is 0 Å². The Kier molecular flexibility index (Phi) is 4.78. The minimum atomic E-state index is -0.203. The van der Waals surface area contributed by atoms with Crippen LogP contribution >= 0.6 is 0 Å². The van der Waals surface area contributed by atoms with E-state index in [1.54, 1.807) is 6.07 Å². The molecule has 1 saturated heterocycles. The molecule has 0 aromatic heterocycles. The zero-order valence-corrected chi connectivity index (χ0v) is 12.7. The number of hydrazine groups is 1. The van der Waals surface area contributed by atoms with Gasteiger partial charge in [0.1, 0.15) is 5.82 Å². The highest BCUT2D eigenvalue weighted by Gasteiger charge is 2.40. The zero-order valence-electron chi connectivity index (χ0n) is 12.7. The van der Waals surface area contributed by atoms with E-state index in [0.29, 0.717) is 0 Å². The molecule has 2 rings (SSSR count). The van der Waals surface area contributed by atoms with Gasteiger partial charge in [-0.1, -0.05) is 13.0 Å². The lowest BCUT2D eigenvalue weighted by Gasteiger charge is -2.44. The monoisotopic (exact) mass is 279 g/mol. The molecule has 0 bridgehead atoms. The Morgan fingerprint density at radius 1 is 1.40 bits per heavy atom. The Balaban J connectivity index is 2.40. The van der Waals surface area contributed by atoms with E-state index in [1.807, 2.05) is 13.0 Å². The summed E-state index contributed by atoms with van der Waals surface area (Å²) in [5, 5.41) is 0. The van der Waals surface area contributed by atoms with Gasteiger partial charge in [0.25, 0.3) is 0 Å². The van der Waals surface area contributed by atoms with Gasteiger partial charge in [-0.25, -0.2) is 4.39 Å². The van der Waals surface area contributed by atoms with Crippen molar-refractivity contribution in [2.75, 3.05) is 13.1 Å². The first-order valence-corrected chi connectivity index (χ1v) is 7.50. The maximum Gasteiger partial charge on any atom is 0.123 e. The van der Waals surface area contributed by atoms with Crippen molar-refractivity contribution in [1.29, 1.82) is 0 Å². The molecular weight excluding hydrogens is 253 g/mol.